The fraction of sp³-hybridized carbons (Fsp3) is 0.433. The first-order chi connectivity index (χ1) is 16.8. The zero-order valence-electron chi connectivity index (χ0n) is 20.4. The highest BCUT2D eigenvalue weighted by Crippen LogP contribution is 2.65. The minimum Gasteiger partial charge on any atom is -0.425 e. The largest absolute Gasteiger partial charge is 0.425 e. The molecule has 7 atom stereocenters. The summed E-state index contributed by atoms with van der Waals surface area (Å²) < 4.78 is 5.98. The third-order valence-electron chi connectivity index (χ3n) is 8.55. The molecular formula is C30H31NO4. The van der Waals surface area contributed by atoms with Gasteiger partial charge < -0.3 is 4.74 Å². The molecule has 4 aliphatic carbocycles. The van der Waals surface area contributed by atoms with Gasteiger partial charge in [0.1, 0.15) is 11.8 Å². The molecular weight excluding hydrogens is 438 g/mol. The number of carbonyl (C=O) groups is 3. The molecule has 2 aromatic carbocycles. The Kier molecular flexibility index (Phi) is 5.21. The van der Waals surface area contributed by atoms with E-state index in [-0.39, 0.29) is 47.8 Å². The molecule has 5 nitrogen and oxygen atoms in total. The lowest BCUT2D eigenvalue weighted by Crippen LogP contribution is -2.48. The number of imide groups is 1. The van der Waals surface area contributed by atoms with Crippen molar-refractivity contribution in [1.29, 1.82) is 0 Å². The van der Waals surface area contributed by atoms with Crippen LogP contribution in [0.15, 0.2) is 60.7 Å². The minimum atomic E-state index is -0.987. The molecule has 2 bridgehead atoms. The highest BCUT2D eigenvalue weighted by Gasteiger charge is 2.68. The number of likely N-dealkylation sites (tertiary alicyclic amines) is 1. The molecule has 1 heterocycles. The van der Waals surface area contributed by atoms with E-state index in [4.69, 9.17) is 4.74 Å². The Hall–Kier alpha value is -3.21. The number of carbonyl (C=O) groups excluding carboxylic acids is 3. The number of benzene rings is 2. The highest BCUT2D eigenvalue weighted by molar-refractivity contribution is 6.09. The highest BCUT2D eigenvalue weighted by atomic mass is 16.5. The van der Waals surface area contributed by atoms with Gasteiger partial charge in [0.2, 0.25) is 11.8 Å². The SMILES string of the molecule is Cc1ccc(C(C)C)c(OC(=O)[C@H](Cc2ccccc2)N2C(=O)[C@@H]3[C@H]4C=C[C@@H]([C@@H]5C[C@H]45)[C@@H]3C2=O)c1. The second-order valence-electron chi connectivity index (χ2n) is 11.0. The van der Waals surface area contributed by atoms with Gasteiger partial charge in [-0.2, -0.15) is 0 Å². The topological polar surface area (TPSA) is 63.7 Å². The van der Waals surface area contributed by atoms with Crippen LogP contribution in [0.1, 0.15) is 42.9 Å². The predicted octanol–water partition coefficient (Wildman–Crippen LogP) is 4.69. The number of esters is 1. The molecule has 7 rings (SSSR count). The van der Waals surface area contributed by atoms with Crippen molar-refractivity contribution in [3.8, 4) is 5.75 Å². The lowest BCUT2D eigenvalue weighted by Gasteiger charge is -2.37. The summed E-state index contributed by atoms with van der Waals surface area (Å²) >= 11 is 0. The van der Waals surface area contributed by atoms with E-state index in [0.717, 1.165) is 23.1 Å². The van der Waals surface area contributed by atoms with Crippen LogP contribution in [0, 0.1) is 42.4 Å². The number of aryl methyl sites for hydroxylation is 1. The summed E-state index contributed by atoms with van der Waals surface area (Å²) in [6.07, 6.45) is 5.66. The number of allylic oxidation sites excluding steroid dienone is 2. The Labute approximate surface area is 206 Å². The Balaban J connectivity index is 1.35. The zero-order valence-corrected chi connectivity index (χ0v) is 20.4. The maximum absolute atomic E-state index is 13.8. The maximum atomic E-state index is 13.8. The van der Waals surface area contributed by atoms with E-state index in [1.54, 1.807) is 0 Å². The average molecular weight is 470 g/mol. The van der Waals surface area contributed by atoms with Gasteiger partial charge in [0.05, 0.1) is 11.8 Å². The molecule has 2 saturated carbocycles. The molecule has 0 aromatic heterocycles. The third-order valence-corrected chi connectivity index (χ3v) is 8.55. The first-order valence-electron chi connectivity index (χ1n) is 12.8. The second kappa shape index (κ2) is 8.18. The van der Waals surface area contributed by atoms with Gasteiger partial charge in [-0.05, 0) is 65.7 Å². The number of nitrogens with zero attached hydrogens (tertiary/aromatic N) is 1. The van der Waals surface area contributed by atoms with Crippen molar-refractivity contribution in [2.45, 2.75) is 45.6 Å². The summed E-state index contributed by atoms with van der Waals surface area (Å²) in [5, 5.41) is 0. The van der Waals surface area contributed by atoms with Crippen molar-refractivity contribution >= 4 is 17.8 Å². The molecule has 2 aromatic rings. The maximum Gasteiger partial charge on any atom is 0.335 e. The molecule has 0 unspecified atom stereocenters. The monoisotopic (exact) mass is 469 g/mol. The average Bonchev–Trinajstić information content (AvgIpc) is 3.62. The van der Waals surface area contributed by atoms with E-state index in [2.05, 4.69) is 26.0 Å². The molecule has 2 amide bonds. The van der Waals surface area contributed by atoms with Crippen molar-refractivity contribution in [2.75, 3.05) is 0 Å². The van der Waals surface area contributed by atoms with E-state index in [9.17, 15) is 14.4 Å². The van der Waals surface area contributed by atoms with Crippen LogP contribution < -0.4 is 4.74 Å². The quantitative estimate of drug-likeness (QED) is 0.267. The molecule has 5 heteroatoms. The lowest BCUT2D eigenvalue weighted by atomic mass is 9.63. The molecule has 1 aliphatic heterocycles. The Morgan fingerprint density at radius 2 is 1.60 bits per heavy atom. The van der Waals surface area contributed by atoms with E-state index in [1.807, 2.05) is 55.5 Å². The molecule has 180 valence electrons. The summed E-state index contributed by atoms with van der Waals surface area (Å²) in [4.78, 5) is 42.6. The van der Waals surface area contributed by atoms with Crippen molar-refractivity contribution in [3.63, 3.8) is 0 Å². The number of ether oxygens (including phenoxy) is 1. The van der Waals surface area contributed by atoms with Gasteiger partial charge in [0.15, 0.2) is 0 Å². The van der Waals surface area contributed by atoms with Gasteiger partial charge in [0, 0.05) is 6.42 Å². The van der Waals surface area contributed by atoms with Gasteiger partial charge in [-0.3, -0.25) is 14.5 Å². The summed E-state index contributed by atoms with van der Waals surface area (Å²) in [6, 6.07) is 14.4. The van der Waals surface area contributed by atoms with Crippen LogP contribution in [0.5, 0.6) is 5.75 Å². The zero-order chi connectivity index (χ0) is 24.4. The van der Waals surface area contributed by atoms with E-state index >= 15 is 0 Å². The van der Waals surface area contributed by atoms with Gasteiger partial charge in [-0.15, -0.1) is 0 Å². The van der Waals surface area contributed by atoms with Gasteiger partial charge in [-0.25, -0.2) is 4.79 Å². The third kappa shape index (κ3) is 3.55. The van der Waals surface area contributed by atoms with Crippen molar-refractivity contribution in [2.24, 2.45) is 35.5 Å². The van der Waals surface area contributed by atoms with Gasteiger partial charge >= 0.3 is 5.97 Å². The fourth-order valence-corrected chi connectivity index (χ4v) is 6.79. The van der Waals surface area contributed by atoms with Crippen LogP contribution in [-0.4, -0.2) is 28.7 Å². The van der Waals surface area contributed by atoms with Crippen molar-refractivity contribution in [1.82, 2.24) is 4.90 Å². The number of amides is 2. The standard InChI is InChI=1S/C30H31NO4/c1-16(2)19-10-9-17(3)13-25(19)35-30(34)24(14-18-7-5-4-6-8-18)31-28(32)26-20-11-12-21(23-15-22(20)23)27(26)29(31)33/h4-13,16,20-24,26-27H,14-15H2,1-3H3/t20-,21-,22-,23+,24-,26-,27+/m0/s1. The molecule has 1 saturated heterocycles. The molecule has 3 fully saturated rings. The number of rotatable bonds is 6. The summed E-state index contributed by atoms with van der Waals surface area (Å²) in [6.45, 7) is 6.06. The normalized spacial score (nSPS) is 30.9. The molecule has 35 heavy (non-hydrogen) atoms. The first-order valence-corrected chi connectivity index (χ1v) is 12.8. The smallest absolute Gasteiger partial charge is 0.335 e. The van der Waals surface area contributed by atoms with Crippen LogP contribution in [0.4, 0.5) is 0 Å². The minimum absolute atomic E-state index is 0.120. The molecule has 0 radical (unpaired) electrons. The summed E-state index contributed by atoms with van der Waals surface area (Å²) in [5.74, 6) is 0.323. The Morgan fingerprint density at radius 3 is 2.20 bits per heavy atom. The fourth-order valence-electron chi connectivity index (χ4n) is 6.79. The van der Waals surface area contributed by atoms with E-state index < -0.39 is 12.0 Å². The van der Waals surface area contributed by atoms with Crippen molar-refractivity contribution < 1.29 is 19.1 Å². The summed E-state index contributed by atoms with van der Waals surface area (Å²) in [7, 11) is 0. The number of hydrogen-bond donors (Lipinski definition) is 0. The lowest BCUT2D eigenvalue weighted by molar-refractivity contribution is -0.153. The van der Waals surface area contributed by atoms with Crippen molar-refractivity contribution in [3.05, 3.63) is 77.4 Å². The van der Waals surface area contributed by atoms with Gasteiger partial charge in [0.25, 0.3) is 0 Å². The van der Waals surface area contributed by atoms with E-state index in [1.165, 1.54) is 4.90 Å². The molecule has 5 aliphatic rings. The predicted molar refractivity (Wildman–Crippen MR) is 131 cm³/mol. The first kappa shape index (κ1) is 22.3. The number of hydrogen-bond acceptors (Lipinski definition) is 4. The molecule has 0 N–H and O–H groups in total. The van der Waals surface area contributed by atoms with Crippen LogP contribution in [-0.2, 0) is 20.8 Å². The second-order valence-corrected chi connectivity index (χ2v) is 11.0. The van der Waals surface area contributed by atoms with E-state index in [0.29, 0.717) is 17.6 Å². The molecule has 0 spiro atoms. The van der Waals surface area contributed by atoms with Gasteiger partial charge in [-0.1, -0.05) is 68.5 Å². The van der Waals surface area contributed by atoms with Crippen LogP contribution in [0.3, 0.4) is 0 Å². The van der Waals surface area contributed by atoms with Crippen LogP contribution >= 0.6 is 0 Å². The Morgan fingerprint density at radius 1 is 0.971 bits per heavy atom. The van der Waals surface area contributed by atoms with Crippen LogP contribution in [0.25, 0.3) is 0 Å². The van der Waals surface area contributed by atoms with Crippen LogP contribution in [0.2, 0.25) is 0 Å². The summed E-state index contributed by atoms with van der Waals surface area (Å²) in [5.41, 5.74) is 2.80. The Bertz CT molecular complexity index is 1200.